The largest absolute Gasteiger partial charge is 0.467 e. The van der Waals surface area contributed by atoms with Crippen LogP contribution in [0.3, 0.4) is 0 Å². The van der Waals surface area contributed by atoms with Crippen LogP contribution in [0.5, 0.6) is 0 Å². The lowest BCUT2D eigenvalue weighted by molar-refractivity contribution is -0.180. The molecule has 1 amide bonds. The molecule has 1 aliphatic heterocycles. The third-order valence-electron chi connectivity index (χ3n) is 3.58. The third kappa shape index (κ3) is 4.03. The zero-order valence-electron chi connectivity index (χ0n) is 12.7. The highest BCUT2D eigenvalue weighted by Gasteiger charge is 2.37. The number of nitrogens with one attached hydrogen (secondary N) is 1. The van der Waals surface area contributed by atoms with Crippen LogP contribution in [-0.4, -0.2) is 49.4 Å². The summed E-state index contributed by atoms with van der Waals surface area (Å²) in [6.07, 6.45) is -0.332. The molecule has 1 heterocycles. The van der Waals surface area contributed by atoms with Crippen LogP contribution in [-0.2, 0) is 25.6 Å². The van der Waals surface area contributed by atoms with Gasteiger partial charge in [0.25, 0.3) is 0 Å². The number of hydrogen-bond donors (Lipinski definition) is 2. The average Bonchev–Trinajstić information content (AvgIpc) is 2.88. The highest BCUT2D eigenvalue weighted by molar-refractivity contribution is 5.82. The van der Waals surface area contributed by atoms with E-state index in [4.69, 9.17) is 10.6 Å². The van der Waals surface area contributed by atoms with Gasteiger partial charge < -0.3 is 15.8 Å². The van der Waals surface area contributed by atoms with Gasteiger partial charge in [0.15, 0.2) is 6.10 Å². The summed E-state index contributed by atoms with van der Waals surface area (Å²) in [5.74, 6) is -0.744. The number of carbonyl (C=O) groups is 2. The van der Waals surface area contributed by atoms with Crippen LogP contribution in [0.25, 0.3) is 0 Å². The molecule has 0 unspecified atom stereocenters. The van der Waals surface area contributed by atoms with Crippen LogP contribution >= 0.6 is 0 Å². The number of carbonyl (C=O) groups excluding carboxylic acids is 2. The van der Waals surface area contributed by atoms with Crippen molar-refractivity contribution in [3.05, 3.63) is 35.9 Å². The first-order valence-electron chi connectivity index (χ1n) is 7.08. The van der Waals surface area contributed by atoms with Crippen LogP contribution in [0, 0.1) is 0 Å². The van der Waals surface area contributed by atoms with Crippen molar-refractivity contribution in [2.24, 2.45) is 5.73 Å². The minimum atomic E-state index is -0.703. The minimum absolute atomic E-state index is 0.283. The van der Waals surface area contributed by atoms with Gasteiger partial charge in [-0.1, -0.05) is 30.3 Å². The van der Waals surface area contributed by atoms with E-state index in [0.29, 0.717) is 12.8 Å². The minimum Gasteiger partial charge on any atom is -0.467 e. The molecule has 7 heteroatoms. The lowest BCUT2D eigenvalue weighted by Gasteiger charge is -2.21. The maximum atomic E-state index is 12.2. The standard InChI is InChI=1S/C15H21N3O4/c1-18-13(9-12(22-18)15(20)21-2)17-14(19)11(16)8-10-6-4-3-5-7-10/h3-7,11-13H,8-9,16H2,1-2H3,(H,17,19)/t11-,12+,13+/m0/s1. The quantitative estimate of drug-likeness (QED) is 0.732. The Morgan fingerprint density at radius 1 is 1.45 bits per heavy atom. The van der Waals surface area contributed by atoms with Gasteiger partial charge in [-0.05, 0) is 12.0 Å². The van der Waals surface area contributed by atoms with Gasteiger partial charge in [0.05, 0.1) is 13.2 Å². The normalized spacial score (nSPS) is 23.0. The van der Waals surface area contributed by atoms with Crippen molar-refractivity contribution in [1.82, 2.24) is 10.4 Å². The molecule has 1 aromatic carbocycles. The first-order chi connectivity index (χ1) is 10.5. The second-order valence-electron chi connectivity index (χ2n) is 5.22. The number of ether oxygens (including phenoxy) is 1. The van der Waals surface area contributed by atoms with Gasteiger partial charge in [-0.2, -0.15) is 5.06 Å². The zero-order chi connectivity index (χ0) is 16.1. The molecular weight excluding hydrogens is 286 g/mol. The highest BCUT2D eigenvalue weighted by Crippen LogP contribution is 2.18. The number of nitrogens with two attached hydrogens (primary N) is 1. The predicted octanol–water partition coefficient (Wildman–Crippen LogP) is -0.193. The fourth-order valence-corrected chi connectivity index (χ4v) is 2.32. The summed E-state index contributed by atoms with van der Waals surface area (Å²) >= 11 is 0. The molecule has 0 saturated carbocycles. The molecule has 0 aliphatic carbocycles. The Labute approximate surface area is 129 Å². The number of rotatable bonds is 5. The molecule has 7 nitrogen and oxygen atoms in total. The van der Waals surface area contributed by atoms with Crippen LogP contribution in [0.15, 0.2) is 30.3 Å². The molecule has 0 spiro atoms. The highest BCUT2D eigenvalue weighted by atomic mass is 16.7. The average molecular weight is 307 g/mol. The van der Waals surface area contributed by atoms with Gasteiger partial charge in [-0.25, -0.2) is 4.79 Å². The molecular formula is C15H21N3O4. The van der Waals surface area contributed by atoms with Crippen molar-refractivity contribution in [2.45, 2.75) is 31.2 Å². The summed E-state index contributed by atoms with van der Waals surface area (Å²) in [6.45, 7) is 0. The second-order valence-corrected chi connectivity index (χ2v) is 5.22. The topological polar surface area (TPSA) is 93.9 Å². The summed E-state index contributed by atoms with van der Waals surface area (Å²) in [5, 5.41) is 4.23. The molecule has 1 saturated heterocycles. The molecule has 3 N–H and O–H groups in total. The fourth-order valence-electron chi connectivity index (χ4n) is 2.32. The summed E-state index contributed by atoms with van der Waals surface area (Å²) in [6, 6.07) is 8.90. The molecule has 1 fully saturated rings. The Balaban J connectivity index is 1.87. The van der Waals surface area contributed by atoms with Crippen molar-refractivity contribution >= 4 is 11.9 Å². The lowest BCUT2D eigenvalue weighted by Crippen LogP contribution is -2.49. The van der Waals surface area contributed by atoms with Gasteiger partial charge in [-0.15, -0.1) is 0 Å². The maximum absolute atomic E-state index is 12.2. The van der Waals surface area contributed by atoms with Crippen LogP contribution < -0.4 is 11.1 Å². The molecule has 120 valence electrons. The number of amides is 1. The zero-order valence-corrected chi connectivity index (χ0v) is 12.7. The van der Waals surface area contributed by atoms with Gasteiger partial charge in [0.1, 0.15) is 6.17 Å². The fraction of sp³-hybridized carbons (Fsp3) is 0.467. The Hall–Kier alpha value is -1.96. The van der Waals surface area contributed by atoms with Crippen LogP contribution in [0.1, 0.15) is 12.0 Å². The maximum Gasteiger partial charge on any atom is 0.337 e. The number of hydroxylamine groups is 2. The van der Waals surface area contributed by atoms with E-state index in [1.165, 1.54) is 12.2 Å². The molecule has 3 atom stereocenters. The Kier molecular flexibility index (Phi) is 5.48. The Morgan fingerprint density at radius 2 is 2.14 bits per heavy atom. The predicted molar refractivity (Wildman–Crippen MR) is 79.3 cm³/mol. The molecule has 22 heavy (non-hydrogen) atoms. The van der Waals surface area contributed by atoms with Gasteiger partial charge in [0, 0.05) is 13.5 Å². The van der Waals surface area contributed by atoms with E-state index in [1.807, 2.05) is 30.3 Å². The monoisotopic (exact) mass is 307 g/mol. The van der Waals surface area contributed by atoms with Gasteiger partial charge in [-0.3, -0.25) is 9.63 Å². The summed E-state index contributed by atoms with van der Waals surface area (Å²) in [7, 11) is 2.95. The molecule has 1 aromatic rings. The summed E-state index contributed by atoms with van der Waals surface area (Å²) in [4.78, 5) is 28.9. The number of nitrogens with zero attached hydrogens (tertiary/aromatic N) is 1. The number of esters is 1. The van der Waals surface area contributed by atoms with E-state index in [1.54, 1.807) is 7.05 Å². The van der Waals surface area contributed by atoms with E-state index in [0.717, 1.165) is 5.56 Å². The SMILES string of the molecule is COC(=O)[C@H]1C[C@H](NC(=O)[C@@H](N)Cc2ccccc2)N(C)O1. The van der Waals surface area contributed by atoms with Gasteiger partial charge >= 0.3 is 5.97 Å². The van der Waals surface area contributed by atoms with Crippen LogP contribution in [0.4, 0.5) is 0 Å². The van der Waals surface area contributed by atoms with Crippen molar-refractivity contribution in [3.63, 3.8) is 0 Å². The van der Waals surface area contributed by atoms with E-state index in [2.05, 4.69) is 10.1 Å². The third-order valence-corrected chi connectivity index (χ3v) is 3.58. The van der Waals surface area contributed by atoms with E-state index >= 15 is 0 Å². The van der Waals surface area contributed by atoms with Crippen molar-refractivity contribution < 1.29 is 19.2 Å². The van der Waals surface area contributed by atoms with Crippen molar-refractivity contribution in [1.29, 1.82) is 0 Å². The Bertz CT molecular complexity index is 523. The lowest BCUT2D eigenvalue weighted by atomic mass is 10.1. The first-order valence-corrected chi connectivity index (χ1v) is 7.08. The number of hydrogen-bond acceptors (Lipinski definition) is 6. The molecule has 0 radical (unpaired) electrons. The van der Waals surface area contributed by atoms with E-state index in [9.17, 15) is 9.59 Å². The van der Waals surface area contributed by atoms with Crippen LogP contribution in [0.2, 0.25) is 0 Å². The number of benzene rings is 1. The summed E-state index contributed by atoms with van der Waals surface area (Å²) < 4.78 is 4.63. The first kappa shape index (κ1) is 16.4. The second kappa shape index (κ2) is 7.35. The van der Waals surface area contributed by atoms with E-state index in [-0.39, 0.29) is 5.91 Å². The van der Waals surface area contributed by atoms with Gasteiger partial charge in [0.2, 0.25) is 5.91 Å². The van der Waals surface area contributed by atoms with Crippen molar-refractivity contribution in [2.75, 3.05) is 14.2 Å². The molecule has 0 bridgehead atoms. The van der Waals surface area contributed by atoms with E-state index < -0.39 is 24.3 Å². The Morgan fingerprint density at radius 3 is 2.77 bits per heavy atom. The number of methoxy groups -OCH3 is 1. The van der Waals surface area contributed by atoms with Crippen molar-refractivity contribution in [3.8, 4) is 0 Å². The summed E-state index contributed by atoms with van der Waals surface area (Å²) in [5.41, 5.74) is 6.92. The molecule has 2 rings (SSSR count). The molecule has 0 aromatic heterocycles. The smallest absolute Gasteiger partial charge is 0.337 e. The molecule has 1 aliphatic rings.